The molecule has 3 rings (SSSR count). The molecule has 3 nitrogen and oxygen atoms in total. The first-order chi connectivity index (χ1) is 8.86. The van der Waals surface area contributed by atoms with E-state index in [2.05, 4.69) is 16.3 Å². The highest BCUT2D eigenvalue weighted by Crippen LogP contribution is 2.24. The van der Waals surface area contributed by atoms with E-state index in [0.29, 0.717) is 5.56 Å². The molecule has 0 spiro atoms. The van der Waals surface area contributed by atoms with E-state index in [1.807, 2.05) is 30.3 Å². The van der Waals surface area contributed by atoms with Crippen LogP contribution in [-0.2, 0) is 6.42 Å². The minimum Gasteiger partial charge on any atom is -0.507 e. The Bertz CT molecular complexity index is 644. The molecule has 0 unspecified atom stereocenters. The lowest BCUT2D eigenvalue weighted by atomic mass is 9.96. The van der Waals surface area contributed by atoms with E-state index in [-0.39, 0.29) is 5.75 Å². The number of rotatable bonds is 1. The maximum Gasteiger partial charge on any atom is 0.125 e. The normalized spacial score (nSPS) is 13.7. The Hall–Kier alpha value is -2.42. The standard InChI is InChI=1S/C15H12N2O/c18-14-8-4-3-7-13(14)15-12-6-2-1-5-11(12)9-10-16-17-15/h1-8,10,18H,9H2. The number of aromatic hydroxyl groups is 1. The second-order valence-corrected chi connectivity index (χ2v) is 4.13. The second-order valence-electron chi connectivity index (χ2n) is 4.13. The van der Waals surface area contributed by atoms with Crippen molar-refractivity contribution in [2.45, 2.75) is 6.42 Å². The van der Waals surface area contributed by atoms with Gasteiger partial charge in [0, 0.05) is 23.8 Å². The molecule has 3 heteroatoms. The highest BCUT2D eigenvalue weighted by atomic mass is 16.3. The number of phenols is 1. The molecule has 0 amide bonds. The van der Waals surface area contributed by atoms with Crippen LogP contribution in [0.15, 0.2) is 58.7 Å². The van der Waals surface area contributed by atoms with E-state index in [4.69, 9.17) is 0 Å². The van der Waals surface area contributed by atoms with E-state index >= 15 is 0 Å². The summed E-state index contributed by atoms with van der Waals surface area (Å²) in [7, 11) is 0. The number of benzene rings is 2. The molecule has 2 aromatic rings. The molecule has 0 fully saturated rings. The van der Waals surface area contributed by atoms with Crippen LogP contribution in [0.1, 0.15) is 16.7 Å². The Morgan fingerprint density at radius 3 is 2.44 bits per heavy atom. The number of nitrogens with zero attached hydrogens (tertiary/aromatic N) is 2. The highest BCUT2D eigenvalue weighted by molar-refractivity contribution is 6.15. The van der Waals surface area contributed by atoms with E-state index in [0.717, 1.165) is 17.7 Å². The number of hydrogen-bond donors (Lipinski definition) is 1. The fourth-order valence-corrected chi connectivity index (χ4v) is 2.09. The van der Waals surface area contributed by atoms with Crippen molar-refractivity contribution in [3.8, 4) is 5.75 Å². The molecule has 2 aromatic carbocycles. The van der Waals surface area contributed by atoms with Gasteiger partial charge in [-0.2, -0.15) is 10.2 Å². The molecule has 0 saturated heterocycles. The fraction of sp³-hybridized carbons (Fsp3) is 0.0667. The van der Waals surface area contributed by atoms with Crippen LogP contribution in [0.2, 0.25) is 0 Å². The van der Waals surface area contributed by atoms with Crippen LogP contribution < -0.4 is 0 Å². The molecule has 0 saturated carbocycles. The lowest BCUT2D eigenvalue weighted by Crippen LogP contribution is -2.05. The summed E-state index contributed by atoms with van der Waals surface area (Å²) in [5.41, 5.74) is 3.62. The third-order valence-corrected chi connectivity index (χ3v) is 2.98. The number of hydrogen-bond acceptors (Lipinski definition) is 3. The summed E-state index contributed by atoms with van der Waals surface area (Å²) in [4.78, 5) is 0. The van der Waals surface area contributed by atoms with Gasteiger partial charge in [-0.15, -0.1) is 0 Å². The van der Waals surface area contributed by atoms with Gasteiger partial charge in [0.2, 0.25) is 0 Å². The average molecular weight is 236 g/mol. The highest BCUT2D eigenvalue weighted by Gasteiger charge is 2.15. The molecule has 0 aromatic heterocycles. The van der Waals surface area contributed by atoms with Gasteiger partial charge in [0.05, 0.1) is 0 Å². The van der Waals surface area contributed by atoms with E-state index in [1.165, 1.54) is 5.56 Å². The zero-order valence-corrected chi connectivity index (χ0v) is 9.74. The lowest BCUT2D eigenvalue weighted by Gasteiger charge is -2.09. The molecule has 1 heterocycles. The molecular formula is C15H12N2O. The van der Waals surface area contributed by atoms with Crippen LogP contribution >= 0.6 is 0 Å². The van der Waals surface area contributed by atoms with Crippen LogP contribution in [0.3, 0.4) is 0 Å². The molecule has 88 valence electrons. The Labute approximate surface area is 105 Å². The molecule has 0 radical (unpaired) electrons. The second kappa shape index (κ2) is 4.45. The first-order valence-electron chi connectivity index (χ1n) is 5.82. The molecule has 0 aliphatic carbocycles. The Morgan fingerprint density at radius 1 is 0.889 bits per heavy atom. The van der Waals surface area contributed by atoms with Gasteiger partial charge in [-0.1, -0.05) is 36.4 Å². The van der Waals surface area contributed by atoms with Gasteiger partial charge in [0.1, 0.15) is 11.5 Å². The molecule has 1 aliphatic heterocycles. The third-order valence-electron chi connectivity index (χ3n) is 2.98. The predicted octanol–water partition coefficient (Wildman–Crippen LogP) is 2.77. The quantitative estimate of drug-likeness (QED) is 0.813. The Kier molecular flexibility index (Phi) is 2.65. The van der Waals surface area contributed by atoms with Crippen LogP contribution in [0, 0.1) is 0 Å². The zero-order valence-electron chi connectivity index (χ0n) is 9.74. The van der Waals surface area contributed by atoms with Crippen molar-refractivity contribution in [2.75, 3.05) is 0 Å². The topological polar surface area (TPSA) is 45.0 Å². The van der Waals surface area contributed by atoms with Crippen molar-refractivity contribution in [1.29, 1.82) is 0 Å². The van der Waals surface area contributed by atoms with E-state index < -0.39 is 0 Å². The molecule has 0 bridgehead atoms. The lowest BCUT2D eigenvalue weighted by molar-refractivity contribution is 0.474. The van der Waals surface area contributed by atoms with Crippen LogP contribution in [0.4, 0.5) is 0 Å². The Balaban J connectivity index is 2.21. The van der Waals surface area contributed by atoms with Gasteiger partial charge < -0.3 is 5.11 Å². The number of phenolic OH excluding ortho intramolecular Hbond substituents is 1. The fourth-order valence-electron chi connectivity index (χ4n) is 2.09. The van der Waals surface area contributed by atoms with Gasteiger partial charge in [0.15, 0.2) is 0 Å². The van der Waals surface area contributed by atoms with E-state index in [9.17, 15) is 5.11 Å². The van der Waals surface area contributed by atoms with Crippen molar-refractivity contribution in [3.05, 3.63) is 65.2 Å². The van der Waals surface area contributed by atoms with Gasteiger partial charge in [0.25, 0.3) is 0 Å². The van der Waals surface area contributed by atoms with Gasteiger partial charge in [-0.05, 0) is 17.7 Å². The monoisotopic (exact) mass is 236 g/mol. The summed E-state index contributed by atoms with van der Waals surface area (Å²) in [6.07, 6.45) is 2.54. The van der Waals surface area contributed by atoms with Crippen molar-refractivity contribution < 1.29 is 5.11 Å². The summed E-state index contributed by atoms with van der Waals surface area (Å²) >= 11 is 0. The maximum atomic E-state index is 9.95. The zero-order chi connectivity index (χ0) is 12.4. The van der Waals surface area contributed by atoms with Gasteiger partial charge in [-0.25, -0.2) is 0 Å². The largest absolute Gasteiger partial charge is 0.507 e. The van der Waals surface area contributed by atoms with Crippen LogP contribution in [-0.4, -0.2) is 17.0 Å². The average Bonchev–Trinajstić information content (AvgIpc) is 2.62. The molecule has 0 atom stereocenters. The predicted molar refractivity (Wildman–Crippen MR) is 72.4 cm³/mol. The number of para-hydroxylation sites is 1. The SMILES string of the molecule is Oc1ccccc1C1=NN=CCc2ccccc21. The minimum absolute atomic E-state index is 0.225. The van der Waals surface area contributed by atoms with Gasteiger partial charge in [-0.3, -0.25) is 0 Å². The molecular weight excluding hydrogens is 224 g/mol. The summed E-state index contributed by atoms with van der Waals surface area (Å²) in [5, 5.41) is 18.2. The van der Waals surface area contributed by atoms with Crippen LogP contribution in [0.5, 0.6) is 5.75 Å². The summed E-state index contributed by atoms with van der Waals surface area (Å²) in [6.45, 7) is 0. The van der Waals surface area contributed by atoms with Gasteiger partial charge >= 0.3 is 0 Å². The summed E-state index contributed by atoms with van der Waals surface area (Å²) in [5.74, 6) is 0.225. The molecule has 1 N–H and O–H groups in total. The first kappa shape index (κ1) is 10.7. The molecule has 1 aliphatic rings. The first-order valence-corrected chi connectivity index (χ1v) is 5.82. The summed E-state index contributed by atoms with van der Waals surface area (Å²) in [6, 6.07) is 15.2. The minimum atomic E-state index is 0.225. The smallest absolute Gasteiger partial charge is 0.125 e. The third kappa shape index (κ3) is 1.80. The number of fused-ring (bicyclic) bond motifs is 1. The van der Waals surface area contributed by atoms with Crippen molar-refractivity contribution in [1.82, 2.24) is 0 Å². The van der Waals surface area contributed by atoms with E-state index in [1.54, 1.807) is 18.3 Å². The van der Waals surface area contributed by atoms with Crippen molar-refractivity contribution in [2.24, 2.45) is 10.2 Å². The van der Waals surface area contributed by atoms with Crippen molar-refractivity contribution in [3.63, 3.8) is 0 Å². The van der Waals surface area contributed by atoms with Crippen molar-refractivity contribution >= 4 is 11.9 Å². The summed E-state index contributed by atoms with van der Waals surface area (Å²) < 4.78 is 0. The van der Waals surface area contributed by atoms with Crippen LogP contribution in [0.25, 0.3) is 0 Å². The Morgan fingerprint density at radius 2 is 1.61 bits per heavy atom. The maximum absolute atomic E-state index is 9.95. The molecule has 18 heavy (non-hydrogen) atoms.